The average Bonchev–Trinajstić information content (AvgIpc) is 2.60. The number of aryl methyl sites for hydroxylation is 1. The van der Waals surface area contributed by atoms with E-state index in [1.165, 1.54) is 11.8 Å². The standard InChI is InChI=1S/C20H24N2O3S/c1-13(2)21-19(23)12-26-18-8-6-5-7-15(18)20(24)22-16-11-14(3)9-10-17(16)25-4/h5-11,13H,12H2,1-4H3,(H,21,23)(H,22,24). The van der Waals surface area contributed by atoms with Crippen LogP contribution in [0.15, 0.2) is 47.4 Å². The van der Waals surface area contributed by atoms with E-state index >= 15 is 0 Å². The molecule has 26 heavy (non-hydrogen) atoms. The quantitative estimate of drug-likeness (QED) is 0.724. The summed E-state index contributed by atoms with van der Waals surface area (Å²) < 4.78 is 5.31. The van der Waals surface area contributed by atoms with E-state index in [0.717, 1.165) is 10.5 Å². The summed E-state index contributed by atoms with van der Waals surface area (Å²) in [6.45, 7) is 5.78. The Morgan fingerprint density at radius 1 is 1.15 bits per heavy atom. The molecule has 0 atom stereocenters. The number of benzene rings is 2. The van der Waals surface area contributed by atoms with E-state index in [0.29, 0.717) is 17.0 Å². The van der Waals surface area contributed by atoms with Crippen molar-refractivity contribution < 1.29 is 14.3 Å². The van der Waals surface area contributed by atoms with Crippen molar-refractivity contribution in [1.29, 1.82) is 0 Å². The average molecular weight is 372 g/mol. The molecule has 0 saturated carbocycles. The van der Waals surface area contributed by atoms with Crippen molar-refractivity contribution in [3.8, 4) is 5.75 Å². The van der Waals surface area contributed by atoms with Gasteiger partial charge in [0, 0.05) is 10.9 Å². The number of nitrogens with one attached hydrogen (secondary N) is 2. The predicted molar refractivity (Wildman–Crippen MR) is 106 cm³/mol. The Morgan fingerprint density at radius 2 is 1.88 bits per heavy atom. The summed E-state index contributed by atoms with van der Waals surface area (Å²) in [5, 5.41) is 5.75. The Morgan fingerprint density at radius 3 is 2.58 bits per heavy atom. The minimum absolute atomic E-state index is 0.0550. The highest BCUT2D eigenvalue weighted by Gasteiger charge is 2.15. The summed E-state index contributed by atoms with van der Waals surface area (Å²) in [5.41, 5.74) is 2.17. The van der Waals surface area contributed by atoms with Gasteiger partial charge in [-0.2, -0.15) is 0 Å². The van der Waals surface area contributed by atoms with Crippen LogP contribution in [0, 0.1) is 6.92 Å². The molecule has 2 rings (SSSR count). The van der Waals surface area contributed by atoms with Gasteiger partial charge in [-0.25, -0.2) is 0 Å². The van der Waals surface area contributed by atoms with Crippen molar-refractivity contribution in [2.75, 3.05) is 18.2 Å². The first-order valence-corrected chi connectivity index (χ1v) is 9.36. The fraction of sp³-hybridized carbons (Fsp3) is 0.300. The zero-order chi connectivity index (χ0) is 19.1. The van der Waals surface area contributed by atoms with E-state index in [9.17, 15) is 9.59 Å². The van der Waals surface area contributed by atoms with E-state index in [1.54, 1.807) is 19.2 Å². The number of anilines is 1. The SMILES string of the molecule is COc1ccc(C)cc1NC(=O)c1ccccc1SCC(=O)NC(C)C. The van der Waals surface area contributed by atoms with E-state index in [-0.39, 0.29) is 23.6 Å². The molecule has 0 unspecified atom stereocenters. The number of ether oxygens (including phenoxy) is 1. The predicted octanol–water partition coefficient (Wildman–Crippen LogP) is 3.87. The Bertz CT molecular complexity index is 790. The molecule has 0 spiro atoms. The first kappa shape index (κ1) is 19.8. The van der Waals surface area contributed by atoms with Gasteiger partial charge in [-0.05, 0) is 50.6 Å². The maximum absolute atomic E-state index is 12.8. The summed E-state index contributed by atoms with van der Waals surface area (Å²) in [6.07, 6.45) is 0. The van der Waals surface area contributed by atoms with Crippen molar-refractivity contribution in [2.45, 2.75) is 31.7 Å². The maximum Gasteiger partial charge on any atom is 0.256 e. The number of methoxy groups -OCH3 is 1. The molecule has 6 heteroatoms. The number of thioether (sulfide) groups is 1. The number of hydrogen-bond acceptors (Lipinski definition) is 4. The lowest BCUT2D eigenvalue weighted by atomic mass is 10.1. The van der Waals surface area contributed by atoms with Crippen LogP contribution in [0.2, 0.25) is 0 Å². The molecule has 2 amide bonds. The first-order valence-electron chi connectivity index (χ1n) is 8.38. The summed E-state index contributed by atoms with van der Waals surface area (Å²) in [5.74, 6) is 0.572. The largest absolute Gasteiger partial charge is 0.495 e. The van der Waals surface area contributed by atoms with Crippen LogP contribution in [0.5, 0.6) is 5.75 Å². The van der Waals surface area contributed by atoms with Gasteiger partial charge in [0.25, 0.3) is 5.91 Å². The molecule has 0 aliphatic heterocycles. The van der Waals surface area contributed by atoms with Gasteiger partial charge in [0.15, 0.2) is 0 Å². The molecule has 5 nitrogen and oxygen atoms in total. The normalized spacial score (nSPS) is 10.5. The van der Waals surface area contributed by atoms with Crippen LogP contribution in [-0.2, 0) is 4.79 Å². The second kappa shape index (κ2) is 9.29. The smallest absolute Gasteiger partial charge is 0.256 e. The molecule has 0 bridgehead atoms. The number of amides is 2. The van der Waals surface area contributed by atoms with Gasteiger partial charge in [-0.15, -0.1) is 11.8 Å². The number of carbonyl (C=O) groups excluding carboxylic acids is 2. The summed E-state index contributed by atoms with van der Waals surface area (Å²) >= 11 is 1.35. The molecule has 2 aromatic carbocycles. The second-order valence-corrected chi connectivity index (χ2v) is 7.18. The van der Waals surface area contributed by atoms with Gasteiger partial charge in [-0.3, -0.25) is 9.59 Å². The van der Waals surface area contributed by atoms with Crippen LogP contribution in [0.3, 0.4) is 0 Å². The molecular weight excluding hydrogens is 348 g/mol. The van der Waals surface area contributed by atoms with Crippen molar-refractivity contribution in [2.24, 2.45) is 0 Å². The Kier molecular flexibility index (Phi) is 7.09. The monoisotopic (exact) mass is 372 g/mol. The third-order valence-electron chi connectivity index (χ3n) is 3.54. The third kappa shape index (κ3) is 5.52. The van der Waals surface area contributed by atoms with Gasteiger partial charge in [0.2, 0.25) is 5.91 Å². The summed E-state index contributed by atoms with van der Waals surface area (Å²) in [4.78, 5) is 25.4. The number of hydrogen-bond donors (Lipinski definition) is 2. The minimum Gasteiger partial charge on any atom is -0.495 e. The van der Waals surface area contributed by atoms with Gasteiger partial charge < -0.3 is 15.4 Å². The van der Waals surface area contributed by atoms with Crippen molar-refractivity contribution >= 4 is 29.3 Å². The molecule has 0 aliphatic rings. The lowest BCUT2D eigenvalue weighted by Crippen LogP contribution is -2.31. The second-order valence-electron chi connectivity index (χ2n) is 6.16. The molecule has 0 saturated heterocycles. The molecule has 0 aliphatic carbocycles. The summed E-state index contributed by atoms with van der Waals surface area (Å²) in [6, 6.07) is 13.0. The number of carbonyl (C=O) groups is 2. The van der Waals surface area contributed by atoms with E-state index in [1.807, 2.05) is 51.1 Å². The Hall–Kier alpha value is -2.47. The van der Waals surface area contributed by atoms with Gasteiger partial charge in [0.05, 0.1) is 24.1 Å². The van der Waals surface area contributed by atoms with E-state index in [2.05, 4.69) is 10.6 Å². The molecule has 2 aromatic rings. The van der Waals surface area contributed by atoms with Gasteiger partial charge >= 0.3 is 0 Å². The molecule has 0 aromatic heterocycles. The van der Waals surface area contributed by atoms with Crippen LogP contribution >= 0.6 is 11.8 Å². The van der Waals surface area contributed by atoms with Crippen molar-refractivity contribution in [1.82, 2.24) is 5.32 Å². The molecule has 2 N–H and O–H groups in total. The highest BCUT2D eigenvalue weighted by atomic mass is 32.2. The minimum atomic E-state index is -0.235. The van der Waals surface area contributed by atoms with Crippen molar-refractivity contribution in [3.05, 3.63) is 53.6 Å². The number of rotatable bonds is 7. The van der Waals surface area contributed by atoms with Crippen LogP contribution in [0.25, 0.3) is 0 Å². The van der Waals surface area contributed by atoms with E-state index < -0.39 is 0 Å². The third-order valence-corrected chi connectivity index (χ3v) is 4.62. The van der Waals surface area contributed by atoms with Crippen LogP contribution in [-0.4, -0.2) is 30.7 Å². The highest BCUT2D eigenvalue weighted by molar-refractivity contribution is 8.00. The topological polar surface area (TPSA) is 67.4 Å². The lowest BCUT2D eigenvalue weighted by molar-refractivity contribution is -0.119. The Balaban J connectivity index is 2.15. The zero-order valence-electron chi connectivity index (χ0n) is 15.5. The van der Waals surface area contributed by atoms with Crippen LogP contribution in [0.1, 0.15) is 29.8 Å². The lowest BCUT2D eigenvalue weighted by Gasteiger charge is -2.13. The van der Waals surface area contributed by atoms with Crippen LogP contribution in [0.4, 0.5) is 5.69 Å². The van der Waals surface area contributed by atoms with Gasteiger partial charge in [-0.1, -0.05) is 18.2 Å². The van der Waals surface area contributed by atoms with Crippen LogP contribution < -0.4 is 15.4 Å². The fourth-order valence-electron chi connectivity index (χ4n) is 2.40. The highest BCUT2D eigenvalue weighted by Crippen LogP contribution is 2.28. The molecular formula is C20H24N2O3S. The molecule has 138 valence electrons. The zero-order valence-corrected chi connectivity index (χ0v) is 16.3. The fourth-order valence-corrected chi connectivity index (χ4v) is 3.26. The molecule has 0 radical (unpaired) electrons. The first-order chi connectivity index (χ1) is 12.4. The summed E-state index contributed by atoms with van der Waals surface area (Å²) in [7, 11) is 1.57. The van der Waals surface area contributed by atoms with E-state index in [4.69, 9.17) is 4.74 Å². The molecule has 0 fully saturated rings. The van der Waals surface area contributed by atoms with Gasteiger partial charge in [0.1, 0.15) is 5.75 Å². The van der Waals surface area contributed by atoms with Crippen molar-refractivity contribution in [3.63, 3.8) is 0 Å². The Labute approximate surface area is 158 Å². The molecule has 0 heterocycles. The maximum atomic E-state index is 12.8.